The van der Waals surface area contributed by atoms with Crippen LogP contribution in [0, 0.1) is 19.8 Å². The van der Waals surface area contributed by atoms with Crippen LogP contribution in [-0.2, 0) is 6.54 Å². The highest BCUT2D eigenvalue weighted by atomic mass is 32.2. The molecule has 1 heterocycles. The van der Waals surface area contributed by atoms with Gasteiger partial charge in [0, 0.05) is 28.7 Å². The molecule has 0 aliphatic heterocycles. The second-order valence-corrected chi connectivity index (χ2v) is 7.45. The molecule has 112 valence electrons. The highest BCUT2D eigenvalue weighted by Gasteiger charge is 2.21. The predicted molar refractivity (Wildman–Crippen MR) is 87.8 cm³/mol. The van der Waals surface area contributed by atoms with Gasteiger partial charge < -0.3 is 4.57 Å². The molecule has 1 fully saturated rings. The highest BCUT2D eigenvalue weighted by molar-refractivity contribution is 8.00. The topological polar surface area (TPSA) is 22.0 Å². The fourth-order valence-corrected chi connectivity index (χ4v) is 4.71. The molecule has 2 rings (SSSR count). The summed E-state index contributed by atoms with van der Waals surface area (Å²) in [6.07, 6.45) is 5.27. The first-order valence-electron chi connectivity index (χ1n) is 7.84. The SMILES string of the molecule is CCn1c(C)cc(C(=O)CSC2CCCC(C)C2)c1C. The van der Waals surface area contributed by atoms with Gasteiger partial charge in [-0.15, -0.1) is 0 Å². The normalized spacial score (nSPS) is 23.0. The Morgan fingerprint density at radius 2 is 2.15 bits per heavy atom. The fourth-order valence-electron chi connectivity index (χ4n) is 3.37. The standard InChI is InChI=1S/C17H27NOS/c1-5-18-13(3)10-16(14(18)4)17(19)11-20-15-8-6-7-12(2)9-15/h10,12,15H,5-9,11H2,1-4H3. The maximum atomic E-state index is 12.4. The molecular weight excluding hydrogens is 266 g/mol. The zero-order valence-corrected chi connectivity index (χ0v) is 14.1. The Hall–Kier alpha value is -0.700. The lowest BCUT2D eigenvalue weighted by Crippen LogP contribution is -2.17. The third-order valence-corrected chi connectivity index (χ3v) is 5.86. The van der Waals surface area contributed by atoms with E-state index in [9.17, 15) is 4.79 Å². The number of carbonyl (C=O) groups excluding carboxylic acids is 1. The Kier molecular flexibility index (Phi) is 5.36. The van der Waals surface area contributed by atoms with E-state index in [1.165, 1.54) is 31.4 Å². The van der Waals surface area contributed by atoms with Crippen LogP contribution in [-0.4, -0.2) is 21.4 Å². The first-order valence-corrected chi connectivity index (χ1v) is 8.89. The maximum absolute atomic E-state index is 12.4. The van der Waals surface area contributed by atoms with Gasteiger partial charge in [0.2, 0.25) is 0 Å². The Balaban J connectivity index is 1.95. The summed E-state index contributed by atoms with van der Waals surface area (Å²) in [7, 11) is 0. The Morgan fingerprint density at radius 1 is 1.40 bits per heavy atom. The van der Waals surface area contributed by atoms with Gasteiger partial charge >= 0.3 is 0 Å². The summed E-state index contributed by atoms with van der Waals surface area (Å²) in [6, 6.07) is 2.06. The second-order valence-electron chi connectivity index (χ2n) is 6.16. The monoisotopic (exact) mass is 293 g/mol. The summed E-state index contributed by atoms with van der Waals surface area (Å²) >= 11 is 1.88. The van der Waals surface area contributed by atoms with Gasteiger partial charge in [0.05, 0.1) is 5.75 Å². The maximum Gasteiger partial charge on any atom is 0.174 e. The van der Waals surface area contributed by atoms with E-state index >= 15 is 0 Å². The van der Waals surface area contributed by atoms with Gasteiger partial charge in [-0.2, -0.15) is 11.8 Å². The number of Topliss-reactive ketones (excluding diaryl/α,β-unsaturated/α-hetero) is 1. The zero-order valence-electron chi connectivity index (χ0n) is 13.2. The molecular formula is C17H27NOS. The van der Waals surface area contributed by atoms with Crippen LogP contribution in [0.4, 0.5) is 0 Å². The minimum atomic E-state index is 0.307. The summed E-state index contributed by atoms with van der Waals surface area (Å²) < 4.78 is 2.22. The van der Waals surface area contributed by atoms with Crippen molar-refractivity contribution in [3.05, 3.63) is 23.0 Å². The van der Waals surface area contributed by atoms with Crippen LogP contribution in [0.2, 0.25) is 0 Å². The average molecular weight is 293 g/mol. The van der Waals surface area contributed by atoms with Gasteiger partial charge in [-0.3, -0.25) is 4.79 Å². The third-order valence-electron chi connectivity index (χ3n) is 4.53. The van der Waals surface area contributed by atoms with Crippen LogP contribution in [0.3, 0.4) is 0 Å². The summed E-state index contributed by atoms with van der Waals surface area (Å²) in [5.74, 6) is 1.79. The molecule has 0 radical (unpaired) electrons. The molecule has 20 heavy (non-hydrogen) atoms. The molecule has 2 atom stereocenters. The predicted octanol–water partition coefficient (Wildman–Crippen LogP) is 4.62. The van der Waals surface area contributed by atoms with Crippen molar-refractivity contribution in [1.82, 2.24) is 4.57 Å². The van der Waals surface area contributed by atoms with Gasteiger partial charge in [0.15, 0.2) is 5.78 Å². The molecule has 0 N–H and O–H groups in total. The number of hydrogen-bond acceptors (Lipinski definition) is 2. The van der Waals surface area contributed by atoms with Gasteiger partial charge in [-0.1, -0.05) is 19.8 Å². The Morgan fingerprint density at radius 3 is 2.75 bits per heavy atom. The van der Waals surface area contributed by atoms with Gasteiger partial charge in [-0.25, -0.2) is 0 Å². The van der Waals surface area contributed by atoms with E-state index in [2.05, 4.69) is 38.3 Å². The number of hydrogen-bond donors (Lipinski definition) is 0. The molecule has 0 bridgehead atoms. The van der Waals surface area contributed by atoms with E-state index in [1.54, 1.807) is 0 Å². The first kappa shape index (κ1) is 15.7. The Labute approximate surface area is 127 Å². The third kappa shape index (κ3) is 3.49. The molecule has 0 saturated heterocycles. The molecule has 1 aromatic rings. The van der Waals surface area contributed by atoms with E-state index < -0.39 is 0 Å². The minimum Gasteiger partial charge on any atom is -0.349 e. The minimum absolute atomic E-state index is 0.307. The number of rotatable bonds is 5. The summed E-state index contributed by atoms with van der Waals surface area (Å²) in [5.41, 5.74) is 3.26. The fraction of sp³-hybridized carbons (Fsp3) is 0.706. The number of aromatic nitrogens is 1. The number of ketones is 1. The van der Waals surface area contributed by atoms with Crippen molar-refractivity contribution in [2.75, 3.05) is 5.75 Å². The van der Waals surface area contributed by atoms with Gasteiger partial charge in [0.1, 0.15) is 0 Å². The van der Waals surface area contributed by atoms with E-state index in [-0.39, 0.29) is 0 Å². The van der Waals surface area contributed by atoms with Crippen molar-refractivity contribution >= 4 is 17.5 Å². The van der Waals surface area contributed by atoms with Crippen LogP contribution in [0.1, 0.15) is 61.3 Å². The Bertz CT molecular complexity index is 478. The lowest BCUT2D eigenvalue weighted by Gasteiger charge is -2.25. The van der Waals surface area contributed by atoms with Crippen molar-refractivity contribution in [1.29, 1.82) is 0 Å². The van der Waals surface area contributed by atoms with Crippen molar-refractivity contribution in [3.63, 3.8) is 0 Å². The van der Waals surface area contributed by atoms with E-state index in [1.807, 2.05) is 11.8 Å². The number of carbonyl (C=O) groups is 1. The van der Waals surface area contributed by atoms with Gasteiger partial charge in [0.25, 0.3) is 0 Å². The van der Waals surface area contributed by atoms with Crippen molar-refractivity contribution in [2.45, 2.75) is 65.2 Å². The van der Waals surface area contributed by atoms with Crippen molar-refractivity contribution in [2.24, 2.45) is 5.92 Å². The summed E-state index contributed by atoms with van der Waals surface area (Å²) in [5, 5.41) is 0.692. The van der Waals surface area contributed by atoms with E-state index in [0.29, 0.717) is 16.8 Å². The zero-order chi connectivity index (χ0) is 14.7. The summed E-state index contributed by atoms with van der Waals surface area (Å²) in [6.45, 7) is 9.56. The molecule has 1 aromatic heterocycles. The second kappa shape index (κ2) is 6.84. The van der Waals surface area contributed by atoms with Crippen molar-refractivity contribution in [3.8, 4) is 0 Å². The van der Waals surface area contributed by atoms with Crippen LogP contribution >= 0.6 is 11.8 Å². The van der Waals surface area contributed by atoms with Crippen LogP contribution in [0.5, 0.6) is 0 Å². The summed E-state index contributed by atoms with van der Waals surface area (Å²) in [4.78, 5) is 12.4. The lowest BCUT2D eigenvalue weighted by atomic mass is 9.91. The van der Waals surface area contributed by atoms with Crippen molar-refractivity contribution < 1.29 is 4.79 Å². The van der Waals surface area contributed by atoms with Crippen LogP contribution in [0.25, 0.3) is 0 Å². The van der Waals surface area contributed by atoms with Gasteiger partial charge in [-0.05, 0) is 45.6 Å². The number of nitrogens with zero attached hydrogens (tertiary/aromatic N) is 1. The van der Waals surface area contributed by atoms with E-state index in [0.717, 1.165) is 23.7 Å². The molecule has 0 amide bonds. The number of aryl methyl sites for hydroxylation is 1. The molecule has 3 heteroatoms. The average Bonchev–Trinajstić information content (AvgIpc) is 2.71. The molecule has 0 spiro atoms. The van der Waals surface area contributed by atoms with Crippen LogP contribution in [0.15, 0.2) is 6.07 Å². The smallest absolute Gasteiger partial charge is 0.174 e. The first-order chi connectivity index (χ1) is 9.52. The molecule has 1 saturated carbocycles. The quantitative estimate of drug-likeness (QED) is 0.739. The van der Waals surface area contributed by atoms with Crippen LogP contribution < -0.4 is 0 Å². The highest BCUT2D eigenvalue weighted by Crippen LogP contribution is 2.32. The molecule has 2 unspecified atom stereocenters. The molecule has 1 aliphatic carbocycles. The largest absolute Gasteiger partial charge is 0.349 e. The number of thioether (sulfide) groups is 1. The lowest BCUT2D eigenvalue weighted by molar-refractivity contribution is 0.102. The molecule has 0 aromatic carbocycles. The molecule has 2 nitrogen and oxygen atoms in total. The van der Waals surface area contributed by atoms with E-state index in [4.69, 9.17) is 0 Å². The molecule has 1 aliphatic rings.